The summed E-state index contributed by atoms with van der Waals surface area (Å²) in [4.78, 5) is 0. The van der Waals surface area contributed by atoms with E-state index < -0.39 is 0 Å². The minimum Gasteiger partial charge on any atom is -0.393 e. The number of nitrogens with two attached hydrogens (primary N) is 1. The van der Waals surface area contributed by atoms with Gasteiger partial charge in [-0.25, -0.2) is 0 Å². The van der Waals surface area contributed by atoms with Crippen molar-refractivity contribution in [2.24, 2.45) is 11.1 Å². The van der Waals surface area contributed by atoms with Gasteiger partial charge in [-0.15, -0.1) is 0 Å². The number of hydrogen-bond donors (Lipinski definition) is 2. The third-order valence-corrected chi connectivity index (χ3v) is 4.58. The molecule has 0 radical (unpaired) electrons. The maximum atomic E-state index is 9.65. The largest absolute Gasteiger partial charge is 0.393 e. The topological polar surface area (TPSA) is 46.2 Å². The van der Waals surface area contributed by atoms with Crippen molar-refractivity contribution >= 4 is 0 Å². The Kier molecular flexibility index (Phi) is 3.85. The van der Waals surface area contributed by atoms with Crippen LogP contribution in [0.15, 0.2) is 30.3 Å². The van der Waals surface area contributed by atoms with Crippen molar-refractivity contribution in [3.63, 3.8) is 0 Å². The van der Waals surface area contributed by atoms with Crippen LogP contribution in [0.3, 0.4) is 0 Å². The van der Waals surface area contributed by atoms with Gasteiger partial charge in [-0.1, -0.05) is 37.3 Å². The van der Waals surface area contributed by atoms with E-state index in [-0.39, 0.29) is 11.5 Å². The number of rotatable bonds is 3. The molecule has 17 heavy (non-hydrogen) atoms. The maximum Gasteiger partial charge on any atom is 0.0540 e. The van der Waals surface area contributed by atoms with E-state index >= 15 is 0 Å². The molecule has 0 aliphatic heterocycles. The van der Waals surface area contributed by atoms with E-state index in [2.05, 4.69) is 37.3 Å². The molecule has 1 aromatic carbocycles. The summed E-state index contributed by atoms with van der Waals surface area (Å²) in [5, 5.41) is 9.65. The lowest BCUT2D eigenvalue weighted by molar-refractivity contribution is 0.0539. The summed E-state index contributed by atoms with van der Waals surface area (Å²) in [5.41, 5.74) is 7.59. The molecule has 0 saturated heterocycles. The second-order valence-electron chi connectivity index (χ2n) is 5.43. The van der Waals surface area contributed by atoms with Gasteiger partial charge in [0, 0.05) is 0 Å². The number of aliphatic hydroxyl groups excluding tert-OH is 1. The summed E-state index contributed by atoms with van der Waals surface area (Å²) in [5.74, 6) is 0.473. The molecule has 0 amide bonds. The van der Waals surface area contributed by atoms with Gasteiger partial charge in [0.25, 0.3) is 0 Å². The summed E-state index contributed by atoms with van der Waals surface area (Å²) in [6, 6.07) is 10.6. The average Bonchev–Trinajstić information content (AvgIpc) is 2.40. The van der Waals surface area contributed by atoms with E-state index in [0.717, 1.165) is 32.2 Å². The van der Waals surface area contributed by atoms with Gasteiger partial charge >= 0.3 is 0 Å². The molecular weight excluding hydrogens is 210 g/mol. The van der Waals surface area contributed by atoms with Crippen molar-refractivity contribution in [2.75, 3.05) is 6.54 Å². The molecule has 1 saturated carbocycles. The molecule has 94 valence electrons. The van der Waals surface area contributed by atoms with E-state index in [1.165, 1.54) is 5.56 Å². The van der Waals surface area contributed by atoms with Crippen LogP contribution < -0.4 is 5.73 Å². The normalized spacial score (nSPS) is 31.1. The Balaban J connectivity index is 2.18. The minimum atomic E-state index is -0.113. The van der Waals surface area contributed by atoms with E-state index in [0.29, 0.717) is 5.92 Å². The molecule has 2 nitrogen and oxygen atoms in total. The molecule has 0 bridgehead atoms. The fourth-order valence-corrected chi connectivity index (χ4v) is 3.09. The van der Waals surface area contributed by atoms with Crippen LogP contribution in [0.4, 0.5) is 0 Å². The third-order valence-electron chi connectivity index (χ3n) is 4.58. The molecule has 2 heteroatoms. The van der Waals surface area contributed by atoms with E-state index in [1.54, 1.807) is 0 Å². The highest BCUT2D eigenvalue weighted by Gasteiger charge is 2.38. The van der Waals surface area contributed by atoms with Gasteiger partial charge in [0.2, 0.25) is 0 Å². The van der Waals surface area contributed by atoms with Gasteiger partial charge in [-0.05, 0) is 49.1 Å². The number of benzene rings is 1. The lowest BCUT2D eigenvalue weighted by Gasteiger charge is -2.43. The smallest absolute Gasteiger partial charge is 0.0540 e. The zero-order valence-electron chi connectivity index (χ0n) is 10.6. The van der Waals surface area contributed by atoms with Crippen molar-refractivity contribution in [3.05, 3.63) is 35.9 Å². The van der Waals surface area contributed by atoms with Crippen molar-refractivity contribution < 1.29 is 5.11 Å². The first-order valence-corrected chi connectivity index (χ1v) is 6.61. The SMILES string of the molecule is CC(c1ccccc1)C1(CN)CCC(O)CC1. The van der Waals surface area contributed by atoms with Gasteiger partial charge in [-0.2, -0.15) is 0 Å². The molecular formula is C15H23NO. The highest BCUT2D eigenvalue weighted by Crippen LogP contribution is 2.46. The monoisotopic (exact) mass is 233 g/mol. The molecule has 0 aromatic heterocycles. The average molecular weight is 233 g/mol. The lowest BCUT2D eigenvalue weighted by atomic mass is 9.64. The first kappa shape index (κ1) is 12.6. The van der Waals surface area contributed by atoms with Crippen molar-refractivity contribution in [1.29, 1.82) is 0 Å². The van der Waals surface area contributed by atoms with E-state index in [1.807, 2.05) is 0 Å². The van der Waals surface area contributed by atoms with Crippen LogP contribution in [0.2, 0.25) is 0 Å². The predicted octanol–water partition coefficient (Wildman–Crippen LogP) is 2.67. The summed E-state index contributed by atoms with van der Waals surface area (Å²) in [6.07, 6.45) is 3.77. The number of aliphatic hydroxyl groups is 1. The molecule has 0 heterocycles. The second kappa shape index (κ2) is 5.19. The molecule has 1 aliphatic rings. The molecule has 0 spiro atoms. The molecule has 1 aliphatic carbocycles. The van der Waals surface area contributed by atoms with Gasteiger partial charge in [-0.3, -0.25) is 0 Å². The fourth-order valence-electron chi connectivity index (χ4n) is 3.09. The quantitative estimate of drug-likeness (QED) is 0.843. The Morgan fingerprint density at radius 3 is 2.41 bits per heavy atom. The highest BCUT2D eigenvalue weighted by atomic mass is 16.3. The van der Waals surface area contributed by atoms with Gasteiger partial charge in [0.1, 0.15) is 0 Å². The summed E-state index contributed by atoms with van der Waals surface area (Å²) in [7, 11) is 0. The molecule has 1 atom stereocenters. The van der Waals surface area contributed by atoms with Gasteiger partial charge in [0.15, 0.2) is 0 Å². The maximum absolute atomic E-state index is 9.65. The lowest BCUT2D eigenvalue weighted by Crippen LogP contribution is -2.40. The van der Waals surface area contributed by atoms with Crippen LogP contribution in [-0.4, -0.2) is 17.8 Å². The fraction of sp³-hybridized carbons (Fsp3) is 0.600. The first-order valence-electron chi connectivity index (χ1n) is 6.61. The van der Waals surface area contributed by atoms with Gasteiger partial charge < -0.3 is 10.8 Å². The van der Waals surface area contributed by atoms with Crippen LogP contribution in [-0.2, 0) is 0 Å². The van der Waals surface area contributed by atoms with Crippen molar-refractivity contribution in [1.82, 2.24) is 0 Å². The Labute approximate surface area is 104 Å². The van der Waals surface area contributed by atoms with Crippen LogP contribution in [0, 0.1) is 5.41 Å². The third kappa shape index (κ3) is 2.53. The zero-order valence-corrected chi connectivity index (χ0v) is 10.6. The standard InChI is InChI=1S/C15H23NO/c1-12(13-5-3-2-4-6-13)15(11-16)9-7-14(17)8-10-15/h2-6,12,14,17H,7-11,16H2,1H3. The first-order chi connectivity index (χ1) is 8.18. The molecule has 1 fully saturated rings. The Morgan fingerprint density at radius 2 is 1.88 bits per heavy atom. The van der Waals surface area contributed by atoms with Crippen LogP contribution >= 0.6 is 0 Å². The summed E-state index contributed by atoms with van der Waals surface area (Å²) >= 11 is 0. The summed E-state index contributed by atoms with van der Waals surface area (Å²) in [6.45, 7) is 3.00. The Morgan fingerprint density at radius 1 is 1.29 bits per heavy atom. The van der Waals surface area contributed by atoms with Crippen molar-refractivity contribution in [3.8, 4) is 0 Å². The molecule has 1 unspecified atom stereocenters. The Hall–Kier alpha value is -0.860. The van der Waals surface area contributed by atoms with Crippen LogP contribution in [0.5, 0.6) is 0 Å². The van der Waals surface area contributed by atoms with Crippen LogP contribution in [0.25, 0.3) is 0 Å². The minimum absolute atomic E-state index is 0.113. The number of hydrogen-bond acceptors (Lipinski definition) is 2. The molecule has 1 aromatic rings. The zero-order chi connectivity index (χ0) is 12.3. The van der Waals surface area contributed by atoms with Crippen LogP contribution in [0.1, 0.15) is 44.1 Å². The van der Waals surface area contributed by atoms with Gasteiger partial charge in [0.05, 0.1) is 6.10 Å². The van der Waals surface area contributed by atoms with E-state index in [9.17, 15) is 5.11 Å². The summed E-state index contributed by atoms with van der Waals surface area (Å²) < 4.78 is 0. The second-order valence-corrected chi connectivity index (χ2v) is 5.43. The van der Waals surface area contributed by atoms with Crippen molar-refractivity contribution in [2.45, 2.75) is 44.6 Å². The predicted molar refractivity (Wildman–Crippen MR) is 70.8 cm³/mol. The molecule has 3 N–H and O–H groups in total. The Bertz CT molecular complexity index is 341. The molecule has 2 rings (SSSR count). The van der Waals surface area contributed by atoms with E-state index in [4.69, 9.17) is 5.73 Å². The highest BCUT2D eigenvalue weighted by molar-refractivity contribution is 5.22.